The van der Waals surface area contributed by atoms with Crippen LogP contribution in [0, 0.1) is 12.7 Å². The summed E-state index contributed by atoms with van der Waals surface area (Å²) >= 11 is 0. The fraction of sp³-hybridized carbons (Fsp3) is 0.400. The molecule has 0 aliphatic heterocycles. The summed E-state index contributed by atoms with van der Waals surface area (Å²) in [5, 5.41) is 3.41. The van der Waals surface area contributed by atoms with Crippen molar-refractivity contribution in [2.24, 2.45) is 0 Å². The van der Waals surface area contributed by atoms with Crippen LogP contribution in [0.5, 0.6) is 0 Å². The number of rotatable bonds is 5. The standard InChI is InChI=1S/C15H18FN3/c1-11-10-19(15(17-11)18-13-6-7-13)9-8-12-4-2-3-5-14(12)16/h2-5,10,13H,6-9H2,1H3,(H,17,18). The predicted molar refractivity (Wildman–Crippen MR) is 73.7 cm³/mol. The summed E-state index contributed by atoms with van der Waals surface area (Å²) in [6.07, 6.45) is 5.14. The van der Waals surface area contributed by atoms with E-state index in [9.17, 15) is 4.39 Å². The van der Waals surface area contributed by atoms with E-state index in [0.29, 0.717) is 12.5 Å². The third kappa shape index (κ3) is 2.95. The van der Waals surface area contributed by atoms with Crippen molar-refractivity contribution in [3.8, 4) is 0 Å². The highest BCUT2D eigenvalue weighted by atomic mass is 19.1. The molecule has 1 aromatic carbocycles. The third-order valence-corrected chi connectivity index (χ3v) is 3.39. The molecule has 1 N–H and O–H groups in total. The van der Waals surface area contributed by atoms with E-state index in [1.807, 2.05) is 25.3 Å². The molecule has 0 amide bonds. The molecule has 0 radical (unpaired) electrons. The molecular formula is C15H18FN3. The predicted octanol–water partition coefficient (Wildman–Crippen LogP) is 3.15. The van der Waals surface area contributed by atoms with Crippen molar-refractivity contribution < 1.29 is 4.39 Å². The first-order valence-corrected chi connectivity index (χ1v) is 6.76. The average molecular weight is 259 g/mol. The van der Waals surface area contributed by atoms with Gasteiger partial charge in [-0.25, -0.2) is 9.37 Å². The van der Waals surface area contributed by atoms with Gasteiger partial charge in [0, 0.05) is 18.8 Å². The van der Waals surface area contributed by atoms with E-state index in [4.69, 9.17) is 0 Å². The van der Waals surface area contributed by atoms with E-state index in [2.05, 4.69) is 14.9 Å². The molecule has 0 atom stereocenters. The van der Waals surface area contributed by atoms with Crippen LogP contribution >= 0.6 is 0 Å². The van der Waals surface area contributed by atoms with Crippen LogP contribution in [0.2, 0.25) is 0 Å². The molecule has 1 aliphatic rings. The lowest BCUT2D eigenvalue weighted by atomic mass is 10.1. The van der Waals surface area contributed by atoms with Crippen LogP contribution in [-0.4, -0.2) is 15.6 Å². The Bertz CT molecular complexity index is 573. The minimum Gasteiger partial charge on any atom is -0.353 e. The van der Waals surface area contributed by atoms with E-state index < -0.39 is 0 Å². The molecule has 1 aliphatic carbocycles. The Hall–Kier alpha value is -1.84. The van der Waals surface area contributed by atoms with Crippen molar-refractivity contribution in [1.29, 1.82) is 0 Å². The van der Waals surface area contributed by atoms with Gasteiger partial charge in [0.2, 0.25) is 5.95 Å². The van der Waals surface area contributed by atoms with Crippen molar-refractivity contribution in [2.75, 3.05) is 5.32 Å². The number of aryl methyl sites for hydroxylation is 3. The summed E-state index contributed by atoms with van der Waals surface area (Å²) in [5.41, 5.74) is 1.75. The smallest absolute Gasteiger partial charge is 0.203 e. The van der Waals surface area contributed by atoms with Gasteiger partial charge in [0.25, 0.3) is 0 Å². The zero-order chi connectivity index (χ0) is 13.2. The molecule has 3 nitrogen and oxygen atoms in total. The number of benzene rings is 1. The monoisotopic (exact) mass is 259 g/mol. The summed E-state index contributed by atoms with van der Waals surface area (Å²) in [6.45, 7) is 2.73. The Morgan fingerprint density at radius 1 is 1.37 bits per heavy atom. The second-order valence-corrected chi connectivity index (χ2v) is 5.16. The number of nitrogens with one attached hydrogen (secondary N) is 1. The maximum Gasteiger partial charge on any atom is 0.203 e. The number of halogens is 1. The maximum absolute atomic E-state index is 13.6. The molecule has 0 saturated heterocycles. The van der Waals surface area contributed by atoms with Crippen molar-refractivity contribution in [1.82, 2.24) is 9.55 Å². The van der Waals surface area contributed by atoms with Gasteiger partial charge in [0.1, 0.15) is 5.82 Å². The van der Waals surface area contributed by atoms with Crippen LogP contribution < -0.4 is 5.32 Å². The summed E-state index contributed by atoms with van der Waals surface area (Å²) < 4.78 is 15.7. The van der Waals surface area contributed by atoms with E-state index >= 15 is 0 Å². The van der Waals surface area contributed by atoms with Gasteiger partial charge in [0.05, 0.1) is 5.69 Å². The number of hydrogen-bond acceptors (Lipinski definition) is 2. The summed E-state index contributed by atoms with van der Waals surface area (Å²) in [6, 6.07) is 7.53. The molecule has 1 fully saturated rings. The van der Waals surface area contributed by atoms with Crippen LogP contribution in [-0.2, 0) is 13.0 Å². The number of hydrogen-bond donors (Lipinski definition) is 1. The second kappa shape index (κ2) is 5.03. The van der Waals surface area contributed by atoms with Crippen LogP contribution in [0.3, 0.4) is 0 Å². The van der Waals surface area contributed by atoms with Crippen LogP contribution in [0.25, 0.3) is 0 Å². The molecule has 1 aromatic heterocycles. The molecule has 0 unspecified atom stereocenters. The topological polar surface area (TPSA) is 29.9 Å². The molecule has 0 bridgehead atoms. The minimum absolute atomic E-state index is 0.129. The first-order chi connectivity index (χ1) is 9.22. The first kappa shape index (κ1) is 12.2. The van der Waals surface area contributed by atoms with E-state index in [1.54, 1.807) is 6.07 Å². The van der Waals surface area contributed by atoms with Gasteiger partial charge in [-0.3, -0.25) is 0 Å². The Kier molecular flexibility index (Phi) is 3.23. The molecule has 19 heavy (non-hydrogen) atoms. The molecule has 100 valence electrons. The average Bonchev–Trinajstić information content (AvgIpc) is 3.12. The van der Waals surface area contributed by atoms with Gasteiger partial charge < -0.3 is 9.88 Å². The Morgan fingerprint density at radius 2 is 2.16 bits per heavy atom. The third-order valence-electron chi connectivity index (χ3n) is 3.39. The van der Waals surface area contributed by atoms with E-state index in [0.717, 1.165) is 23.8 Å². The first-order valence-electron chi connectivity index (χ1n) is 6.76. The summed E-state index contributed by atoms with van der Waals surface area (Å²) in [5.74, 6) is 0.785. The van der Waals surface area contributed by atoms with Gasteiger partial charge in [-0.05, 0) is 37.8 Å². The van der Waals surface area contributed by atoms with Gasteiger partial charge in [-0.15, -0.1) is 0 Å². The second-order valence-electron chi connectivity index (χ2n) is 5.16. The highest BCUT2D eigenvalue weighted by Crippen LogP contribution is 2.24. The molecule has 4 heteroatoms. The van der Waals surface area contributed by atoms with Gasteiger partial charge in [-0.1, -0.05) is 18.2 Å². The minimum atomic E-state index is -0.129. The Labute approximate surface area is 112 Å². The lowest BCUT2D eigenvalue weighted by Gasteiger charge is -2.09. The van der Waals surface area contributed by atoms with Crippen LogP contribution in [0.4, 0.5) is 10.3 Å². The quantitative estimate of drug-likeness (QED) is 0.894. The fourth-order valence-electron chi connectivity index (χ4n) is 2.18. The largest absolute Gasteiger partial charge is 0.353 e. The Balaban J connectivity index is 1.70. The lowest BCUT2D eigenvalue weighted by molar-refractivity contribution is 0.594. The molecular weight excluding hydrogens is 241 g/mol. The van der Waals surface area contributed by atoms with Gasteiger partial charge in [-0.2, -0.15) is 0 Å². The van der Waals surface area contributed by atoms with Crippen molar-refractivity contribution in [2.45, 2.75) is 38.8 Å². The van der Waals surface area contributed by atoms with Crippen molar-refractivity contribution in [3.05, 3.63) is 47.5 Å². The molecule has 2 aromatic rings. The number of imidazole rings is 1. The van der Waals surface area contributed by atoms with Gasteiger partial charge in [0.15, 0.2) is 0 Å². The zero-order valence-corrected chi connectivity index (χ0v) is 11.1. The number of nitrogens with zero attached hydrogens (tertiary/aromatic N) is 2. The lowest BCUT2D eigenvalue weighted by Crippen LogP contribution is -2.10. The molecule has 1 heterocycles. The highest BCUT2D eigenvalue weighted by Gasteiger charge is 2.22. The van der Waals surface area contributed by atoms with Gasteiger partial charge >= 0.3 is 0 Å². The van der Waals surface area contributed by atoms with Crippen molar-refractivity contribution in [3.63, 3.8) is 0 Å². The summed E-state index contributed by atoms with van der Waals surface area (Å²) in [7, 11) is 0. The highest BCUT2D eigenvalue weighted by molar-refractivity contribution is 5.32. The van der Waals surface area contributed by atoms with E-state index in [1.165, 1.54) is 18.9 Å². The van der Waals surface area contributed by atoms with Crippen molar-refractivity contribution >= 4 is 5.95 Å². The van der Waals surface area contributed by atoms with E-state index in [-0.39, 0.29) is 5.82 Å². The maximum atomic E-state index is 13.6. The number of aromatic nitrogens is 2. The molecule has 1 saturated carbocycles. The molecule has 3 rings (SSSR count). The number of anilines is 1. The van der Waals surface area contributed by atoms with Crippen LogP contribution in [0.15, 0.2) is 30.5 Å². The Morgan fingerprint density at radius 3 is 2.89 bits per heavy atom. The normalized spacial score (nSPS) is 14.6. The molecule has 0 spiro atoms. The SMILES string of the molecule is Cc1cn(CCc2ccccc2F)c(NC2CC2)n1. The zero-order valence-electron chi connectivity index (χ0n) is 11.1. The summed E-state index contributed by atoms with van der Waals surface area (Å²) in [4.78, 5) is 4.48. The van der Waals surface area contributed by atoms with Crippen LogP contribution in [0.1, 0.15) is 24.1 Å². The fourth-order valence-corrected chi connectivity index (χ4v) is 2.18.